The predicted molar refractivity (Wildman–Crippen MR) is 112 cm³/mol. The fourth-order valence-electron chi connectivity index (χ4n) is 2.85. The highest BCUT2D eigenvalue weighted by Gasteiger charge is 2.31. The van der Waals surface area contributed by atoms with Crippen LogP contribution in [0.1, 0.15) is 12.5 Å². The maximum Gasteiger partial charge on any atom is 0.266 e. The van der Waals surface area contributed by atoms with Crippen LogP contribution < -0.4 is 0 Å². The zero-order chi connectivity index (χ0) is 18.8. The standard InChI is InChI=1S/C20H16N4OS2/c1-2-23-19(25)17(27-20(23)26)11-15-13-24(16-8-4-3-5-9-16)22-18(15)14-7-6-10-21-12-14/h3-13H,2H2,1H3/b17-11-. The second kappa shape index (κ2) is 7.46. The summed E-state index contributed by atoms with van der Waals surface area (Å²) >= 11 is 6.64. The number of thioether (sulfide) groups is 1. The second-order valence-electron chi connectivity index (χ2n) is 5.88. The van der Waals surface area contributed by atoms with E-state index in [1.54, 1.807) is 17.3 Å². The van der Waals surface area contributed by atoms with Crippen molar-refractivity contribution in [1.29, 1.82) is 0 Å². The summed E-state index contributed by atoms with van der Waals surface area (Å²) in [6.45, 7) is 2.49. The van der Waals surface area contributed by atoms with Gasteiger partial charge >= 0.3 is 0 Å². The molecular formula is C20H16N4OS2. The Kier molecular flexibility index (Phi) is 4.87. The summed E-state index contributed by atoms with van der Waals surface area (Å²) in [4.78, 5) is 19.0. The Bertz CT molecular complexity index is 1030. The molecule has 4 rings (SSSR count). The number of hydrogen-bond donors (Lipinski definition) is 0. The van der Waals surface area contributed by atoms with Gasteiger partial charge in [-0.25, -0.2) is 4.68 Å². The summed E-state index contributed by atoms with van der Waals surface area (Å²) in [5.41, 5.74) is 3.46. The zero-order valence-electron chi connectivity index (χ0n) is 14.6. The third-order valence-electron chi connectivity index (χ3n) is 4.17. The van der Waals surface area contributed by atoms with Gasteiger partial charge in [0.25, 0.3) is 5.91 Å². The lowest BCUT2D eigenvalue weighted by molar-refractivity contribution is -0.121. The van der Waals surface area contributed by atoms with E-state index in [-0.39, 0.29) is 5.91 Å². The highest BCUT2D eigenvalue weighted by Crippen LogP contribution is 2.34. The van der Waals surface area contributed by atoms with Crippen LogP contribution in [0.2, 0.25) is 0 Å². The molecule has 1 aliphatic heterocycles. The summed E-state index contributed by atoms with van der Waals surface area (Å²) in [5.74, 6) is -0.0582. The first-order valence-corrected chi connectivity index (χ1v) is 9.70. The van der Waals surface area contributed by atoms with E-state index in [2.05, 4.69) is 4.98 Å². The number of amides is 1. The monoisotopic (exact) mass is 392 g/mol. The molecule has 0 radical (unpaired) electrons. The molecule has 0 spiro atoms. The molecule has 7 heteroatoms. The van der Waals surface area contributed by atoms with Crippen LogP contribution in [0, 0.1) is 0 Å². The summed E-state index contributed by atoms with van der Waals surface area (Å²) in [6.07, 6.45) is 7.29. The van der Waals surface area contributed by atoms with Crippen LogP contribution in [0.25, 0.3) is 23.0 Å². The van der Waals surface area contributed by atoms with Crippen molar-refractivity contribution in [3.05, 3.63) is 71.5 Å². The van der Waals surface area contributed by atoms with Gasteiger partial charge in [-0.05, 0) is 37.3 Å². The van der Waals surface area contributed by atoms with Crippen LogP contribution >= 0.6 is 24.0 Å². The number of likely N-dealkylation sites (N-methyl/N-ethyl adjacent to an activating group) is 1. The van der Waals surface area contributed by atoms with Crippen molar-refractivity contribution in [3.63, 3.8) is 0 Å². The third kappa shape index (κ3) is 3.43. The van der Waals surface area contributed by atoms with Gasteiger partial charge in [0.05, 0.1) is 10.6 Å². The van der Waals surface area contributed by atoms with E-state index in [0.29, 0.717) is 15.8 Å². The first-order chi connectivity index (χ1) is 13.2. The Hall–Kier alpha value is -2.77. The van der Waals surface area contributed by atoms with Crippen LogP contribution in [0.15, 0.2) is 66.0 Å². The zero-order valence-corrected chi connectivity index (χ0v) is 16.2. The summed E-state index contributed by atoms with van der Waals surface area (Å²) in [5, 5.41) is 4.74. The molecule has 1 amide bonds. The number of rotatable bonds is 4. The second-order valence-corrected chi connectivity index (χ2v) is 7.56. The van der Waals surface area contributed by atoms with Crippen LogP contribution in [-0.2, 0) is 4.79 Å². The van der Waals surface area contributed by atoms with E-state index in [0.717, 1.165) is 22.5 Å². The van der Waals surface area contributed by atoms with Crippen LogP contribution in [0.4, 0.5) is 0 Å². The molecule has 1 aromatic carbocycles. The van der Waals surface area contributed by atoms with Gasteiger partial charge in [-0.2, -0.15) is 5.10 Å². The number of thiocarbonyl (C=S) groups is 1. The van der Waals surface area contributed by atoms with Crippen molar-refractivity contribution in [2.75, 3.05) is 6.54 Å². The lowest BCUT2D eigenvalue weighted by Crippen LogP contribution is -2.27. The minimum Gasteiger partial charge on any atom is -0.293 e. The Morgan fingerprint density at radius 3 is 2.67 bits per heavy atom. The van der Waals surface area contributed by atoms with Crippen molar-refractivity contribution in [2.24, 2.45) is 0 Å². The minimum atomic E-state index is -0.0582. The molecule has 27 heavy (non-hydrogen) atoms. The average molecular weight is 393 g/mol. The minimum absolute atomic E-state index is 0.0582. The molecule has 3 aromatic rings. The lowest BCUT2D eigenvalue weighted by Gasteiger charge is -2.09. The average Bonchev–Trinajstić information content (AvgIpc) is 3.24. The van der Waals surface area contributed by atoms with Gasteiger partial charge in [0.15, 0.2) is 0 Å². The fourth-order valence-corrected chi connectivity index (χ4v) is 4.22. The molecule has 0 aliphatic carbocycles. The van der Waals surface area contributed by atoms with Gasteiger partial charge in [0.2, 0.25) is 0 Å². The molecule has 5 nitrogen and oxygen atoms in total. The molecule has 1 fully saturated rings. The number of para-hydroxylation sites is 1. The Balaban J connectivity index is 1.82. The van der Waals surface area contributed by atoms with Gasteiger partial charge in [-0.15, -0.1) is 0 Å². The molecule has 2 aromatic heterocycles. The number of benzene rings is 1. The quantitative estimate of drug-likeness (QED) is 0.493. The fraction of sp³-hybridized carbons (Fsp3) is 0.100. The van der Waals surface area contributed by atoms with E-state index in [1.807, 2.05) is 66.3 Å². The van der Waals surface area contributed by atoms with Crippen molar-refractivity contribution < 1.29 is 4.79 Å². The van der Waals surface area contributed by atoms with E-state index >= 15 is 0 Å². The largest absolute Gasteiger partial charge is 0.293 e. The van der Waals surface area contributed by atoms with E-state index in [1.165, 1.54) is 11.8 Å². The van der Waals surface area contributed by atoms with Crippen LogP contribution in [0.5, 0.6) is 0 Å². The van der Waals surface area contributed by atoms with Gasteiger partial charge in [0.1, 0.15) is 10.0 Å². The highest BCUT2D eigenvalue weighted by molar-refractivity contribution is 8.26. The maximum atomic E-state index is 12.6. The third-order valence-corrected chi connectivity index (χ3v) is 5.55. The number of pyridine rings is 1. The van der Waals surface area contributed by atoms with E-state index in [4.69, 9.17) is 17.3 Å². The Morgan fingerprint density at radius 2 is 2.00 bits per heavy atom. The molecule has 0 atom stereocenters. The number of carbonyl (C=O) groups excluding carboxylic acids is 1. The van der Waals surface area contributed by atoms with Crippen LogP contribution in [0.3, 0.4) is 0 Å². The molecule has 1 aliphatic rings. The summed E-state index contributed by atoms with van der Waals surface area (Å²) in [6, 6.07) is 13.7. The lowest BCUT2D eigenvalue weighted by atomic mass is 10.1. The number of carbonyl (C=O) groups is 1. The molecule has 0 saturated carbocycles. The smallest absolute Gasteiger partial charge is 0.266 e. The number of aromatic nitrogens is 3. The maximum absolute atomic E-state index is 12.6. The summed E-state index contributed by atoms with van der Waals surface area (Å²) < 4.78 is 2.40. The molecular weight excluding hydrogens is 376 g/mol. The van der Waals surface area contributed by atoms with E-state index < -0.39 is 0 Å². The first-order valence-electron chi connectivity index (χ1n) is 8.48. The topological polar surface area (TPSA) is 51.0 Å². The molecule has 134 valence electrons. The summed E-state index contributed by atoms with van der Waals surface area (Å²) in [7, 11) is 0. The first kappa shape index (κ1) is 17.6. The van der Waals surface area contributed by atoms with Crippen LogP contribution in [-0.4, -0.2) is 36.4 Å². The number of hydrogen-bond acceptors (Lipinski definition) is 5. The van der Waals surface area contributed by atoms with Crippen molar-refractivity contribution in [1.82, 2.24) is 19.7 Å². The van der Waals surface area contributed by atoms with Gasteiger partial charge in [-0.3, -0.25) is 14.7 Å². The highest BCUT2D eigenvalue weighted by atomic mass is 32.2. The predicted octanol–water partition coefficient (Wildman–Crippen LogP) is 4.16. The SMILES string of the molecule is CCN1C(=O)/C(=C/c2cn(-c3ccccc3)nc2-c2cccnc2)SC1=S. The normalized spacial score (nSPS) is 15.7. The Morgan fingerprint density at radius 1 is 1.19 bits per heavy atom. The molecule has 0 bridgehead atoms. The Labute approximate surface area is 166 Å². The molecule has 0 N–H and O–H groups in total. The van der Waals surface area contributed by atoms with Gasteiger partial charge in [0, 0.05) is 36.3 Å². The molecule has 3 heterocycles. The van der Waals surface area contributed by atoms with Crippen molar-refractivity contribution in [3.8, 4) is 16.9 Å². The van der Waals surface area contributed by atoms with E-state index in [9.17, 15) is 4.79 Å². The molecule has 0 unspecified atom stereocenters. The van der Waals surface area contributed by atoms with Crippen molar-refractivity contribution in [2.45, 2.75) is 6.92 Å². The van der Waals surface area contributed by atoms with Crippen molar-refractivity contribution >= 4 is 40.3 Å². The van der Waals surface area contributed by atoms with Gasteiger partial charge < -0.3 is 0 Å². The molecule has 1 saturated heterocycles. The van der Waals surface area contributed by atoms with Gasteiger partial charge in [-0.1, -0.05) is 42.2 Å². The number of nitrogens with zero attached hydrogens (tertiary/aromatic N) is 4.